The third-order valence-corrected chi connectivity index (χ3v) is 3.91. The third-order valence-electron chi connectivity index (χ3n) is 3.42. The third kappa shape index (κ3) is 4.41. The van der Waals surface area contributed by atoms with Crippen molar-refractivity contribution in [3.05, 3.63) is 69.2 Å². The summed E-state index contributed by atoms with van der Waals surface area (Å²) in [4.78, 5) is 12.0. The lowest BCUT2D eigenvalue weighted by atomic mass is 10.1. The first-order valence-electron chi connectivity index (χ1n) is 6.79. The second kappa shape index (κ2) is 7.38. The number of carbonyl (C=O) groups excluding carboxylic acids is 1. The molecule has 4 heteroatoms. The van der Waals surface area contributed by atoms with Crippen molar-refractivity contribution in [2.45, 2.75) is 26.5 Å². The Hall–Kier alpha value is -1.65. The van der Waals surface area contributed by atoms with Crippen LogP contribution in [0.3, 0.4) is 0 Å². The molecule has 0 aromatic heterocycles. The lowest BCUT2D eigenvalue weighted by Gasteiger charge is -2.10. The molecule has 110 valence electrons. The normalized spacial score (nSPS) is 10.4. The molecule has 2 N–H and O–H groups in total. The number of aliphatic hydroxyl groups is 1. The summed E-state index contributed by atoms with van der Waals surface area (Å²) >= 11 is 3.42. The van der Waals surface area contributed by atoms with Crippen molar-refractivity contribution in [1.82, 2.24) is 5.32 Å². The summed E-state index contributed by atoms with van der Waals surface area (Å²) in [6.07, 6.45) is 0.362. The molecule has 0 saturated carbocycles. The molecule has 0 spiro atoms. The van der Waals surface area contributed by atoms with Crippen molar-refractivity contribution >= 4 is 21.8 Å². The summed E-state index contributed by atoms with van der Waals surface area (Å²) in [5, 5.41) is 12.2. The first-order valence-corrected chi connectivity index (χ1v) is 7.59. The predicted octanol–water partition coefficient (Wildman–Crippen LogP) is 3.11. The van der Waals surface area contributed by atoms with Gasteiger partial charge in [0.15, 0.2) is 0 Å². The highest BCUT2D eigenvalue weighted by atomic mass is 79.9. The number of hydrogen-bond acceptors (Lipinski definition) is 2. The van der Waals surface area contributed by atoms with Crippen LogP contribution in [-0.4, -0.2) is 11.0 Å². The Morgan fingerprint density at radius 3 is 2.52 bits per heavy atom. The summed E-state index contributed by atoms with van der Waals surface area (Å²) in [6, 6.07) is 13.5. The van der Waals surface area contributed by atoms with Crippen LogP contribution in [0.15, 0.2) is 46.9 Å². The van der Waals surface area contributed by atoms with E-state index in [9.17, 15) is 9.90 Å². The average Bonchev–Trinajstić information content (AvgIpc) is 2.48. The minimum absolute atomic E-state index is 0.0160. The fourth-order valence-electron chi connectivity index (χ4n) is 2.17. The summed E-state index contributed by atoms with van der Waals surface area (Å²) in [5.41, 5.74) is 3.90. The van der Waals surface area contributed by atoms with Gasteiger partial charge >= 0.3 is 0 Å². The van der Waals surface area contributed by atoms with Crippen molar-refractivity contribution in [3.8, 4) is 0 Å². The maximum atomic E-state index is 12.0. The van der Waals surface area contributed by atoms with E-state index < -0.39 is 0 Å². The van der Waals surface area contributed by atoms with Gasteiger partial charge < -0.3 is 10.4 Å². The van der Waals surface area contributed by atoms with E-state index in [1.54, 1.807) is 0 Å². The largest absolute Gasteiger partial charge is 0.392 e. The van der Waals surface area contributed by atoms with E-state index in [4.69, 9.17) is 0 Å². The monoisotopic (exact) mass is 347 g/mol. The molecule has 0 saturated heterocycles. The Labute approximate surface area is 133 Å². The van der Waals surface area contributed by atoms with Crippen LogP contribution in [0.5, 0.6) is 0 Å². The highest BCUT2D eigenvalue weighted by Gasteiger charge is 2.07. The predicted molar refractivity (Wildman–Crippen MR) is 86.8 cm³/mol. The smallest absolute Gasteiger partial charge is 0.224 e. The van der Waals surface area contributed by atoms with Gasteiger partial charge in [0.25, 0.3) is 0 Å². The molecule has 1 amide bonds. The van der Waals surface area contributed by atoms with Gasteiger partial charge in [-0.05, 0) is 41.3 Å². The first kappa shape index (κ1) is 15.7. The molecule has 2 rings (SSSR count). The van der Waals surface area contributed by atoms with E-state index in [1.165, 1.54) is 0 Å². The topological polar surface area (TPSA) is 49.3 Å². The quantitative estimate of drug-likeness (QED) is 0.872. The van der Waals surface area contributed by atoms with Crippen LogP contribution >= 0.6 is 15.9 Å². The Kier molecular flexibility index (Phi) is 5.53. The van der Waals surface area contributed by atoms with E-state index in [1.807, 2.05) is 49.4 Å². The molecule has 0 bridgehead atoms. The van der Waals surface area contributed by atoms with Crippen LogP contribution in [0.25, 0.3) is 0 Å². The fraction of sp³-hybridized carbons (Fsp3) is 0.235. The summed E-state index contributed by atoms with van der Waals surface area (Å²) in [6.45, 7) is 2.41. The number of rotatable bonds is 5. The van der Waals surface area contributed by atoms with Crippen LogP contribution in [0.2, 0.25) is 0 Å². The SMILES string of the molecule is Cc1cc(Br)ccc1CC(=O)NCc1ccccc1CO. The first-order chi connectivity index (χ1) is 10.1. The van der Waals surface area contributed by atoms with Crippen LogP contribution in [0, 0.1) is 6.92 Å². The Morgan fingerprint density at radius 2 is 1.86 bits per heavy atom. The molecule has 2 aromatic carbocycles. The number of carbonyl (C=O) groups is 1. The molecule has 0 aliphatic heterocycles. The molecular formula is C17H18BrNO2. The average molecular weight is 348 g/mol. The molecule has 0 unspecified atom stereocenters. The number of benzene rings is 2. The van der Waals surface area contributed by atoms with Gasteiger partial charge in [0.2, 0.25) is 5.91 Å². The van der Waals surface area contributed by atoms with E-state index in [2.05, 4.69) is 21.2 Å². The van der Waals surface area contributed by atoms with Gasteiger partial charge in [-0.15, -0.1) is 0 Å². The molecule has 21 heavy (non-hydrogen) atoms. The summed E-state index contributed by atoms with van der Waals surface area (Å²) in [7, 11) is 0. The number of aryl methyl sites for hydroxylation is 1. The molecular weight excluding hydrogens is 330 g/mol. The zero-order valence-electron chi connectivity index (χ0n) is 11.9. The Bertz CT molecular complexity index is 640. The zero-order valence-corrected chi connectivity index (χ0v) is 13.5. The standard InChI is InChI=1S/C17H18BrNO2/c1-12-8-16(18)7-6-13(12)9-17(21)19-10-14-4-2-3-5-15(14)11-20/h2-8,20H,9-11H2,1H3,(H,19,21). The highest BCUT2D eigenvalue weighted by molar-refractivity contribution is 9.10. The van der Waals surface area contributed by atoms with Gasteiger partial charge in [-0.3, -0.25) is 4.79 Å². The van der Waals surface area contributed by atoms with Crippen molar-refractivity contribution in [2.24, 2.45) is 0 Å². The summed E-state index contributed by atoms with van der Waals surface area (Å²) < 4.78 is 1.01. The Morgan fingerprint density at radius 1 is 1.14 bits per heavy atom. The van der Waals surface area contributed by atoms with Crippen LogP contribution in [-0.2, 0) is 24.4 Å². The van der Waals surface area contributed by atoms with E-state index in [-0.39, 0.29) is 12.5 Å². The molecule has 0 atom stereocenters. The van der Waals surface area contributed by atoms with Crippen molar-refractivity contribution in [1.29, 1.82) is 0 Å². The maximum absolute atomic E-state index is 12.0. The molecule has 0 fully saturated rings. The highest BCUT2D eigenvalue weighted by Crippen LogP contribution is 2.16. The van der Waals surface area contributed by atoms with Crippen LogP contribution in [0.4, 0.5) is 0 Å². The number of aliphatic hydroxyl groups excluding tert-OH is 1. The van der Waals surface area contributed by atoms with E-state index in [0.29, 0.717) is 13.0 Å². The molecule has 3 nitrogen and oxygen atoms in total. The van der Waals surface area contributed by atoms with Crippen molar-refractivity contribution in [2.75, 3.05) is 0 Å². The second-order valence-electron chi connectivity index (χ2n) is 4.95. The lowest BCUT2D eigenvalue weighted by molar-refractivity contribution is -0.120. The van der Waals surface area contributed by atoms with Crippen molar-refractivity contribution in [3.63, 3.8) is 0 Å². The number of halogens is 1. The summed E-state index contributed by atoms with van der Waals surface area (Å²) in [5.74, 6) is -0.0202. The zero-order chi connectivity index (χ0) is 15.2. The minimum atomic E-state index is -0.0202. The van der Waals surface area contributed by atoms with Crippen LogP contribution < -0.4 is 5.32 Å². The Balaban J connectivity index is 1.96. The second-order valence-corrected chi connectivity index (χ2v) is 5.87. The number of hydrogen-bond donors (Lipinski definition) is 2. The van der Waals surface area contributed by atoms with Crippen molar-refractivity contribution < 1.29 is 9.90 Å². The lowest BCUT2D eigenvalue weighted by Crippen LogP contribution is -2.25. The maximum Gasteiger partial charge on any atom is 0.224 e. The molecule has 0 aliphatic rings. The number of amides is 1. The van der Waals surface area contributed by atoms with Gasteiger partial charge in [-0.1, -0.05) is 46.3 Å². The molecule has 0 heterocycles. The van der Waals surface area contributed by atoms with Gasteiger partial charge in [0, 0.05) is 11.0 Å². The van der Waals surface area contributed by atoms with Gasteiger partial charge in [0.1, 0.15) is 0 Å². The van der Waals surface area contributed by atoms with E-state index >= 15 is 0 Å². The molecule has 2 aromatic rings. The van der Waals surface area contributed by atoms with Gasteiger partial charge in [-0.25, -0.2) is 0 Å². The molecule has 0 radical (unpaired) electrons. The van der Waals surface area contributed by atoms with Crippen LogP contribution in [0.1, 0.15) is 22.3 Å². The fourth-order valence-corrected chi connectivity index (χ4v) is 2.65. The van der Waals surface area contributed by atoms with Gasteiger partial charge in [0.05, 0.1) is 13.0 Å². The number of nitrogens with one attached hydrogen (secondary N) is 1. The molecule has 0 aliphatic carbocycles. The minimum Gasteiger partial charge on any atom is -0.392 e. The van der Waals surface area contributed by atoms with Gasteiger partial charge in [-0.2, -0.15) is 0 Å². The van der Waals surface area contributed by atoms with E-state index in [0.717, 1.165) is 26.7 Å².